The fraction of sp³-hybridized carbons (Fsp3) is 0.0714. The predicted molar refractivity (Wildman–Crippen MR) is 98.1 cm³/mol. The molecule has 0 saturated carbocycles. The van der Waals surface area contributed by atoms with Crippen LogP contribution in [0.25, 0.3) is 11.2 Å². The smallest absolute Gasteiger partial charge is 0.260 e. The van der Waals surface area contributed by atoms with E-state index in [-0.39, 0.29) is 16.7 Å². The number of benzene rings is 1. The standard InChI is InChI=1S/C14H9BrCl2N4O2S/c1-23-14-13(19-9-5-7(15)6-18-12(9)20-14)21-24(22)10-4-2-3-8(16)11(10)17/h2-6H,1H3,(H,19,21). The Balaban J connectivity index is 2.02. The molecule has 2 heterocycles. The van der Waals surface area contributed by atoms with Gasteiger partial charge in [0.15, 0.2) is 16.6 Å². The first-order valence-corrected chi connectivity index (χ1v) is 9.19. The van der Waals surface area contributed by atoms with E-state index in [1.54, 1.807) is 30.5 Å². The lowest BCUT2D eigenvalue weighted by atomic mass is 10.4. The van der Waals surface area contributed by atoms with Crippen LogP contribution in [0.5, 0.6) is 5.88 Å². The second-order valence-corrected chi connectivity index (χ2v) is 7.38. The highest BCUT2D eigenvalue weighted by molar-refractivity contribution is 9.10. The van der Waals surface area contributed by atoms with Crippen LogP contribution in [0.2, 0.25) is 10.0 Å². The van der Waals surface area contributed by atoms with Gasteiger partial charge in [0.1, 0.15) is 5.52 Å². The molecule has 0 aliphatic rings. The van der Waals surface area contributed by atoms with Crippen LogP contribution in [0.3, 0.4) is 0 Å². The molecule has 1 unspecified atom stereocenters. The monoisotopic (exact) mass is 446 g/mol. The molecular weight excluding hydrogens is 439 g/mol. The van der Waals surface area contributed by atoms with Crippen LogP contribution in [0.1, 0.15) is 0 Å². The van der Waals surface area contributed by atoms with Crippen molar-refractivity contribution < 1.29 is 8.95 Å². The maximum Gasteiger partial charge on any atom is 0.260 e. The van der Waals surface area contributed by atoms with Gasteiger partial charge in [-0.2, -0.15) is 4.98 Å². The topological polar surface area (TPSA) is 77.0 Å². The number of fused-ring (bicyclic) bond motifs is 1. The Hall–Kier alpha value is -1.48. The van der Waals surface area contributed by atoms with Gasteiger partial charge in [0.05, 0.1) is 22.1 Å². The van der Waals surface area contributed by atoms with Crippen molar-refractivity contribution in [3.8, 4) is 5.88 Å². The summed E-state index contributed by atoms with van der Waals surface area (Å²) in [4.78, 5) is 13.1. The van der Waals surface area contributed by atoms with Gasteiger partial charge < -0.3 is 4.74 Å². The number of nitrogens with one attached hydrogen (secondary N) is 1. The van der Waals surface area contributed by atoms with E-state index in [9.17, 15) is 4.21 Å². The summed E-state index contributed by atoms with van der Waals surface area (Å²) in [5.41, 5.74) is 0.925. The number of nitrogens with zero attached hydrogens (tertiary/aromatic N) is 3. The van der Waals surface area contributed by atoms with Crippen molar-refractivity contribution >= 4 is 67.1 Å². The first-order valence-electron chi connectivity index (χ1n) is 6.49. The number of hydrogen-bond donors (Lipinski definition) is 1. The second kappa shape index (κ2) is 7.18. The minimum Gasteiger partial charge on any atom is -0.478 e. The quantitative estimate of drug-likeness (QED) is 0.647. The third-order valence-corrected chi connectivity index (χ3v) is 5.44. The van der Waals surface area contributed by atoms with E-state index < -0.39 is 11.0 Å². The van der Waals surface area contributed by atoms with Crippen LogP contribution in [0.15, 0.2) is 39.8 Å². The van der Waals surface area contributed by atoms with E-state index in [0.29, 0.717) is 21.1 Å². The summed E-state index contributed by atoms with van der Waals surface area (Å²) in [7, 11) is -0.258. The number of anilines is 1. The van der Waals surface area contributed by atoms with Gasteiger partial charge in [-0.25, -0.2) is 14.2 Å². The summed E-state index contributed by atoms with van der Waals surface area (Å²) in [6, 6.07) is 6.63. The van der Waals surface area contributed by atoms with Gasteiger partial charge in [-0.05, 0) is 34.1 Å². The van der Waals surface area contributed by atoms with E-state index in [1.807, 2.05) is 0 Å². The lowest BCUT2D eigenvalue weighted by Crippen LogP contribution is -2.09. The van der Waals surface area contributed by atoms with Gasteiger partial charge in [-0.3, -0.25) is 4.72 Å². The highest BCUT2D eigenvalue weighted by atomic mass is 79.9. The fourth-order valence-electron chi connectivity index (χ4n) is 1.89. The van der Waals surface area contributed by atoms with Gasteiger partial charge in [-0.1, -0.05) is 29.3 Å². The molecule has 10 heteroatoms. The molecular formula is C14H9BrCl2N4O2S. The Morgan fingerprint density at radius 3 is 2.83 bits per heavy atom. The number of ether oxygens (including phenoxy) is 1. The minimum atomic E-state index is -1.70. The van der Waals surface area contributed by atoms with Gasteiger partial charge in [-0.15, -0.1) is 0 Å². The van der Waals surface area contributed by atoms with Crippen molar-refractivity contribution in [1.29, 1.82) is 0 Å². The molecule has 0 saturated heterocycles. The number of hydrogen-bond acceptors (Lipinski definition) is 5. The molecule has 0 amide bonds. The normalized spacial score (nSPS) is 12.2. The first-order chi connectivity index (χ1) is 11.5. The van der Waals surface area contributed by atoms with Crippen LogP contribution in [-0.2, 0) is 11.0 Å². The van der Waals surface area contributed by atoms with E-state index in [0.717, 1.165) is 4.47 Å². The van der Waals surface area contributed by atoms with Crippen molar-refractivity contribution in [2.24, 2.45) is 0 Å². The second-order valence-electron chi connectivity index (χ2n) is 4.50. The number of halogens is 3. The average Bonchev–Trinajstić information content (AvgIpc) is 2.56. The lowest BCUT2D eigenvalue weighted by molar-refractivity contribution is 0.400. The van der Waals surface area contributed by atoms with Crippen molar-refractivity contribution in [2.45, 2.75) is 4.90 Å². The van der Waals surface area contributed by atoms with Crippen molar-refractivity contribution in [3.63, 3.8) is 0 Å². The molecule has 0 fully saturated rings. The SMILES string of the molecule is COc1nc2ncc(Br)cc2nc1NS(=O)c1cccc(Cl)c1Cl. The van der Waals surface area contributed by atoms with Gasteiger partial charge in [0, 0.05) is 10.7 Å². The Morgan fingerprint density at radius 1 is 1.29 bits per heavy atom. The Bertz CT molecular complexity index is 957. The third-order valence-electron chi connectivity index (χ3n) is 2.95. The molecule has 3 rings (SSSR count). The highest BCUT2D eigenvalue weighted by Crippen LogP contribution is 2.30. The molecule has 1 aromatic carbocycles. The Kier molecular flexibility index (Phi) is 5.19. The zero-order valence-electron chi connectivity index (χ0n) is 12.1. The lowest BCUT2D eigenvalue weighted by Gasteiger charge is -2.11. The maximum atomic E-state index is 12.6. The zero-order valence-corrected chi connectivity index (χ0v) is 16.0. The van der Waals surface area contributed by atoms with E-state index in [4.69, 9.17) is 27.9 Å². The fourth-order valence-corrected chi connectivity index (χ4v) is 3.67. The number of methoxy groups -OCH3 is 1. The maximum absolute atomic E-state index is 12.6. The summed E-state index contributed by atoms with van der Waals surface area (Å²) < 4.78 is 21.3. The van der Waals surface area contributed by atoms with Crippen molar-refractivity contribution in [3.05, 3.63) is 45.0 Å². The summed E-state index contributed by atoms with van der Waals surface area (Å²) >= 11 is 15.4. The number of rotatable bonds is 4. The van der Waals surface area contributed by atoms with Crippen LogP contribution < -0.4 is 9.46 Å². The predicted octanol–water partition coefficient (Wildman–Crippen LogP) is 4.24. The van der Waals surface area contributed by atoms with Gasteiger partial charge in [0.25, 0.3) is 5.88 Å². The molecule has 0 spiro atoms. The third kappa shape index (κ3) is 3.46. The average molecular weight is 448 g/mol. The van der Waals surface area contributed by atoms with Crippen LogP contribution in [0.4, 0.5) is 5.82 Å². The molecule has 0 aliphatic heterocycles. The molecule has 3 aromatic rings. The van der Waals surface area contributed by atoms with Crippen LogP contribution in [-0.4, -0.2) is 26.3 Å². The largest absolute Gasteiger partial charge is 0.478 e. The first kappa shape index (κ1) is 17.3. The molecule has 0 bridgehead atoms. The van der Waals surface area contributed by atoms with E-state index >= 15 is 0 Å². The van der Waals surface area contributed by atoms with Crippen molar-refractivity contribution in [1.82, 2.24) is 15.0 Å². The molecule has 6 nitrogen and oxygen atoms in total. The molecule has 2 aromatic heterocycles. The van der Waals surface area contributed by atoms with E-state index in [2.05, 4.69) is 35.6 Å². The summed E-state index contributed by atoms with van der Waals surface area (Å²) in [5.74, 6) is 0.378. The minimum absolute atomic E-state index is 0.170. The molecule has 1 N–H and O–H groups in total. The molecule has 124 valence electrons. The van der Waals surface area contributed by atoms with E-state index in [1.165, 1.54) is 7.11 Å². The van der Waals surface area contributed by atoms with Crippen molar-refractivity contribution in [2.75, 3.05) is 11.8 Å². The number of pyridine rings is 1. The Morgan fingerprint density at radius 2 is 2.08 bits per heavy atom. The van der Waals surface area contributed by atoms with Gasteiger partial charge >= 0.3 is 0 Å². The molecule has 0 radical (unpaired) electrons. The van der Waals surface area contributed by atoms with Gasteiger partial charge in [0.2, 0.25) is 5.82 Å². The molecule has 24 heavy (non-hydrogen) atoms. The summed E-state index contributed by atoms with van der Waals surface area (Å²) in [6.07, 6.45) is 1.60. The number of aromatic nitrogens is 3. The highest BCUT2D eigenvalue weighted by Gasteiger charge is 2.16. The van der Waals surface area contributed by atoms with Crippen LogP contribution >= 0.6 is 39.1 Å². The molecule has 0 aliphatic carbocycles. The Labute approximate surface area is 158 Å². The summed E-state index contributed by atoms with van der Waals surface area (Å²) in [5, 5.41) is 0.524. The summed E-state index contributed by atoms with van der Waals surface area (Å²) in [6.45, 7) is 0. The molecule has 1 atom stereocenters. The van der Waals surface area contributed by atoms with Crippen LogP contribution in [0, 0.1) is 0 Å². The zero-order chi connectivity index (χ0) is 17.3.